The standard InChI is InChI=1S/C53H100N2O17/c1-10-13-16-19-22-25-38(29-42(58)55-41(33-57)51(66)54-37(32-56)28-34(4)5)69-43(59)30-39(26-23-20-17-14-11-2)70-44(60)31-40(27-24-21-18-15-12-3)71-53-49(65)50(46(62)36(8)68-53)72-52(67-9)48(64)47(63)45(61)35(6)7/h34-41,45-50,52-53,56-57,61-65H,10-33H2,1-9H3,(H,54,66)(H,55,58). The van der Waals surface area contributed by atoms with Crippen LogP contribution in [0.5, 0.6) is 0 Å². The number of rotatable bonds is 42. The first-order valence-corrected chi connectivity index (χ1v) is 27.4. The fourth-order valence-corrected chi connectivity index (χ4v) is 8.74. The van der Waals surface area contributed by atoms with E-state index in [-0.39, 0.29) is 31.8 Å². The number of hydrogen-bond donors (Lipinski definition) is 9. The summed E-state index contributed by atoms with van der Waals surface area (Å²) in [7, 11) is 1.20. The Morgan fingerprint density at radius 2 is 1.08 bits per heavy atom. The van der Waals surface area contributed by atoms with Crippen molar-refractivity contribution in [2.24, 2.45) is 11.8 Å². The molecular weight excluding hydrogens is 937 g/mol. The molecular formula is C53H100N2O17. The summed E-state index contributed by atoms with van der Waals surface area (Å²) in [6.45, 7) is 14.0. The van der Waals surface area contributed by atoms with Gasteiger partial charge in [0.15, 0.2) is 12.6 Å². The number of aliphatic hydroxyl groups is 7. The molecule has 9 N–H and O–H groups in total. The van der Waals surface area contributed by atoms with Gasteiger partial charge in [-0.05, 0) is 57.3 Å². The molecule has 19 heteroatoms. The summed E-state index contributed by atoms with van der Waals surface area (Å²) in [5.74, 6) is -2.83. The summed E-state index contributed by atoms with van der Waals surface area (Å²) in [4.78, 5) is 54.1. The molecule has 14 atom stereocenters. The molecule has 0 bridgehead atoms. The molecule has 424 valence electrons. The fourth-order valence-electron chi connectivity index (χ4n) is 8.74. The van der Waals surface area contributed by atoms with E-state index in [1.165, 1.54) is 14.0 Å². The molecule has 0 aromatic rings. The molecule has 0 aromatic heterocycles. The van der Waals surface area contributed by atoms with Crippen molar-refractivity contribution in [2.45, 2.75) is 282 Å². The quantitative estimate of drug-likeness (QED) is 0.0221. The molecule has 1 rings (SSSR count). The highest BCUT2D eigenvalue weighted by Gasteiger charge is 2.48. The van der Waals surface area contributed by atoms with Crippen LogP contribution in [0.1, 0.15) is 197 Å². The summed E-state index contributed by atoms with van der Waals surface area (Å²) in [6.07, 6.45) is -1.59. The lowest BCUT2D eigenvalue weighted by Gasteiger charge is -2.43. The number of hydrogen-bond acceptors (Lipinski definition) is 17. The van der Waals surface area contributed by atoms with Gasteiger partial charge in [0, 0.05) is 7.11 Å². The number of aliphatic hydroxyl groups excluding tert-OH is 7. The molecule has 0 radical (unpaired) electrons. The largest absolute Gasteiger partial charge is 0.462 e. The molecule has 19 nitrogen and oxygen atoms in total. The van der Waals surface area contributed by atoms with Gasteiger partial charge < -0.3 is 74.8 Å². The molecule has 1 saturated heterocycles. The predicted octanol–water partition coefficient (Wildman–Crippen LogP) is 5.01. The van der Waals surface area contributed by atoms with Crippen LogP contribution in [0.15, 0.2) is 0 Å². The van der Waals surface area contributed by atoms with E-state index in [0.717, 1.165) is 77.0 Å². The van der Waals surface area contributed by atoms with Crippen LogP contribution in [-0.2, 0) is 47.6 Å². The summed E-state index contributed by atoms with van der Waals surface area (Å²) in [5.41, 5.74) is 0. The number of carbonyl (C=O) groups excluding carboxylic acids is 4. The van der Waals surface area contributed by atoms with Gasteiger partial charge >= 0.3 is 11.9 Å². The van der Waals surface area contributed by atoms with Crippen molar-refractivity contribution in [3.63, 3.8) is 0 Å². The minimum Gasteiger partial charge on any atom is -0.462 e. The Bertz CT molecular complexity index is 1440. The second kappa shape index (κ2) is 38.9. The van der Waals surface area contributed by atoms with E-state index >= 15 is 0 Å². The van der Waals surface area contributed by atoms with Crippen LogP contribution in [0, 0.1) is 11.8 Å². The first-order chi connectivity index (χ1) is 34.3. The second-order valence-corrected chi connectivity index (χ2v) is 20.6. The molecule has 2 amide bonds. The maximum Gasteiger partial charge on any atom is 0.309 e. The van der Waals surface area contributed by atoms with Gasteiger partial charge in [0.1, 0.15) is 48.8 Å². The summed E-state index contributed by atoms with van der Waals surface area (Å²) in [6, 6.07) is -1.84. The topological polar surface area (TPSA) is 289 Å². The lowest BCUT2D eigenvalue weighted by molar-refractivity contribution is -0.338. The van der Waals surface area contributed by atoms with Gasteiger partial charge in [-0.3, -0.25) is 19.2 Å². The zero-order valence-corrected chi connectivity index (χ0v) is 45.4. The van der Waals surface area contributed by atoms with Crippen LogP contribution in [0.25, 0.3) is 0 Å². The fraction of sp³-hybridized carbons (Fsp3) is 0.925. The SMILES string of the molecule is CCCCCCCC(CC(=O)NC(CO)C(=O)NC(CO)CC(C)C)OC(=O)CC(CCCCCCC)OC(=O)CC(CCCCCCC)OC1OC(C)C(O)C(OC(OC)C(O)C(O)C(O)C(C)C)C1O. The van der Waals surface area contributed by atoms with Crippen molar-refractivity contribution in [3.05, 3.63) is 0 Å². The number of nitrogens with one attached hydrogen (secondary N) is 2. The van der Waals surface area contributed by atoms with Gasteiger partial charge in [-0.2, -0.15) is 0 Å². The monoisotopic (exact) mass is 1040 g/mol. The Kier molecular flexibility index (Phi) is 36.5. The molecule has 0 spiro atoms. The third-order valence-corrected chi connectivity index (χ3v) is 13.1. The molecule has 0 aliphatic carbocycles. The zero-order chi connectivity index (χ0) is 54.2. The molecule has 1 aliphatic heterocycles. The maximum absolute atomic E-state index is 13.9. The lowest BCUT2D eigenvalue weighted by Crippen LogP contribution is -2.61. The van der Waals surface area contributed by atoms with E-state index in [0.29, 0.717) is 44.9 Å². The minimum absolute atomic E-state index is 0.179. The van der Waals surface area contributed by atoms with Crippen LogP contribution < -0.4 is 10.6 Å². The third kappa shape index (κ3) is 27.3. The van der Waals surface area contributed by atoms with Gasteiger partial charge in [-0.1, -0.05) is 132 Å². The van der Waals surface area contributed by atoms with Crippen LogP contribution in [0.4, 0.5) is 0 Å². The smallest absolute Gasteiger partial charge is 0.309 e. The van der Waals surface area contributed by atoms with E-state index in [4.69, 9.17) is 28.4 Å². The van der Waals surface area contributed by atoms with Crippen molar-refractivity contribution < 1.29 is 83.3 Å². The van der Waals surface area contributed by atoms with E-state index < -0.39 is 122 Å². The molecule has 1 fully saturated rings. The maximum atomic E-state index is 13.9. The van der Waals surface area contributed by atoms with Gasteiger partial charge in [0.25, 0.3) is 0 Å². The average Bonchev–Trinajstić information content (AvgIpc) is 3.33. The summed E-state index contributed by atoms with van der Waals surface area (Å²) < 4.78 is 35.4. The number of methoxy groups -OCH3 is 1. The average molecular weight is 1040 g/mol. The lowest BCUT2D eigenvalue weighted by atomic mass is 9.96. The Balaban J connectivity index is 3.31. The van der Waals surface area contributed by atoms with Gasteiger partial charge in [0.05, 0.1) is 56.8 Å². The zero-order valence-electron chi connectivity index (χ0n) is 45.4. The highest BCUT2D eigenvalue weighted by atomic mass is 16.7. The van der Waals surface area contributed by atoms with Crippen molar-refractivity contribution in [3.8, 4) is 0 Å². The van der Waals surface area contributed by atoms with Crippen LogP contribution >= 0.6 is 0 Å². The third-order valence-electron chi connectivity index (χ3n) is 13.1. The predicted molar refractivity (Wildman–Crippen MR) is 271 cm³/mol. The van der Waals surface area contributed by atoms with Crippen molar-refractivity contribution in [1.82, 2.24) is 10.6 Å². The van der Waals surface area contributed by atoms with E-state index in [2.05, 4.69) is 31.4 Å². The Labute approximate surface area is 431 Å². The number of esters is 2. The molecule has 0 aromatic carbocycles. The molecule has 14 unspecified atom stereocenters. The Morgan fingerprint density at radius 3 is 1.54 bits per heavy atom. The number of unbranched alkanes of at least 4 members (excludes halogenated alkanes) is 12. The molecule has 0 saturated carbocycles. The highest BCUT2D eigenvalue weighted by Crippen LogP contribution is 2.30. The van der Waals surface area contributed by atoms with Crippen molar-refractivity contribution in [2.75, 3.05) is 20.3 Å². The highest BCUT2D eigenvalue weighted by molar-refractivity contribution is 5.88. The van der Waals surface area contributed by atoms with E-state index in [9.17, 15) is 54.9 Å². The number of amides is 2. The van der Waals surface area contributed by atoms with Crippen LogP contribution in [-0.4, -0.2) is 166 Å². The van der Waals surface area contributed by atoms with Gasteiger partial charge in [-0.25, -0.2) is 0 Å². The molecule has 72 heavy (non-hydrogen) atoms. The minimum atomic E-state index is -1.77. The van der Waals surface area contributed by atoms with Crippen molar-refractivity contribution in [1.29, 1.82) is 0 Å². The van der Waals surface area contributed by atoms with E-state index in [1.54, 1.807) is 13.8 Å². The van der Waals surface area contributed by atoms with Gasteiger partial charge in [-0.15, -0.1) is 0 Å². The second-order valence-electron chi connectivity index (χ2n) is 20.6. The molecule has 1 heterocycles. The van der Waals surface area contributed by atoms with Crippen molar-refractivity contribution >= 4 is 23.8 Å². The Hall–Kier alpha value is -2.56. The number of carbonyl (C=O) groups is 4. The number of ether oxygens (including phenoxy) is 6. The van der Waals surface area contributed by atoms with Crippen LogP contribution in [0.3, 0.4) is 0 Å². The summed E-state index contributed by atoms with van der Waals surface area (Å²) >= 11 is 0. The Morgan fingerprint density at radius 1 is 0.597 bits per heavy atom. The van der Waals surface area contributed by atoms with E-state index in [1.807, 2.05) is 13.8 Å². The normalized spacial score (nSPS) is 22.1. The van der Waals surface area contributed by atoms with Crippen LogP contribution in [0.2, 0.25) is 0 Å². The summed E-state index contributed by atoms with van der Waals surface area (Å²) in [5, 5.41) is 79.6. The first-order valence-electron chi connectivity index (χ1n) is 27.4. The van der Waals surface area contributed by atoms with Gasteiger partial charge in [0.2, 0.25) is 11.8 Å². The molecule has 1 aliphatic rings. The first kappa shape index (κ1) is 67.5.